The zero-order valence-electron chi connectivity index (χ0n) is 11.7. The van der Waals surface area contributed by atoms with Gasteiger partial charge in [0.1, 0.15) is 5.60 Å². The van der Waals surface area contributed by atoms with Gasteiger partial charge < -0.3 is 9.84 Å². The minimum absolute atomic E-state index is 0.0125. The number of carbonyl (C=O) groups is 2. The summed E-state index contributed by atoms with van der Waals surface area (Å²) >= 11 is 6.04. The summed E-state index contributed by atoms with van der Waals surface area (Å²) in [5, 5.41) is 11.6. The first-order valence-electron chi connectivity index (χ1n) is 6.17. The number of benzene rings is 1. The van der Waals surface area contributed by atoms with Gasteiger partial charge in [-0.3, -0.25) is 10.1 Å². The molecule has 5 nitrogen and oxygen atoms in total. The fourth-order valence-corrected chi connectivity index (χ4v) is 1.77. The Balaban J connectivity index is 2.67. The number of nitrogens with one attached hydrogen (secondary N) is 1. The van der Waals surface area contributed by atoms with Crippen LogP contribution < -0.4 is 5.32 Å². The summed E-state index contributed by atoms with van der Waals surface area (Å²) in [7, 11) is 0. The maximum absolute atomic E-state index is 11.6. The molecule has 1 amide bonds. The molecule has 0 radical (unpaired) electrons. The van der Waals surface area contributed by atoms with Gasteiger partial charge in [-0.2, -0.15) is 0 Å². The highest BCUT2D eigenvalue weighted by molar-refractivity contribution is 6.31. The van der Waals surface area contributed by atoms with Crippen molar-refractivity contribution in [2.24, 2.45) is 0 Å². The highest BCUT2D eigenvalue weighted by Gasteiger charge is 2.16. The van der Waals surface area contributed by atoms with E-state index in [0.717, 1.165) is 5.56 Å². The SMILES string of the molecule is CC(C)(C)OC(=O)Nc1ccc(CCC(=O)O)c(Cl)c1. The van der Waals surface area contributed by atoms with Crippen LogP contribution in [0.3, 0.4) is 0 Å². The Morgan fingerprint density at radius 1 is 1.35 bits per heavy atom. The predicted molar refractivity (Wildman–Crippen MR) is 77.3 cm³/mol. The van der Waals surface area contributed by atoms with Crippen molar-refractivity contribution in [2.75, 3.05) is 5.32 Å². The molecule has 6 heteroatoms. The number of aliphatic carboxylic acids is 1. The van der Waals surface area contributed by atoms with Gasteiger partial charge in [-0.1, -0.05) is 17.7 Å². The molecule has 20 heavy (non-hydrogen) atoms. The first-order chi connectivity index (χ1) is 9.17. The van der Waals surface area contributed by atoms with Crippen LogP contribution in [0.25, 0.3) is 0 Å². The lowest BCUT2D eigenvalue weighted by Gasteiger charge is -2.19. The van der Waals surface area contributed by atoms with Crippen molar-refractivity contribution in [3.05, 3.63) is 28.8 Å². The van der Waals surface area contributed by atoms with E-state index in [0.29, 0.717) is 17.1 Å². The minimum atomic E-state index is -0.878. The molecule has 2 N–H and O–H groups in total. The lowest BCUT2D eigenvalue weighted by atomic mass is 10.1. The van der Waals surface area contributed by atoms with Crippen LogP contribution in [0, 0.1) is 0 Å². The van der Waals surface area contributed by atoms with Gasteiger partial charge in [0.05, 0.1) is 0 Å². The van der Waals surface area contributed by atoms with E-state index in [1.54, 1.807) is 39.0 Å². The molecule has 0 saturated carbocycles. The molecule has 0 heterocycles. The Morgan fingerprint density at radius 3 is 2.50 bits per heavy atom. The van der Waals surface area contributed by atoms with Gasteiger partial charge in [-0.05, 0) is 44.9 Å². The summed E-state index contributed by atoms with van der Waals surface area (Å²) in [5.41, 5.74) is 0.655. The summed E-state index contributed by atoms with van der Waals surface area (Å²) in [6, 6.07) is 4.92. The van der Waals surface area contributed by atoms with Crippen molar-refractivity contribution in [2.45, 2.75) is 39.2 Å². The van der Waals surface area contributed by atoms with Gasteiger partial charge in [-0.25, -0.2) is 4.79 Å². The predicted octanol–water partition coefficient (Wildman–Crippen LogP) is 3.70. The molecule has 0 saturated heterocycles. The number of hydrogen-bond acceptors (Lipinski definition) is 3. The highest BCUT2D eigenvalue weighted by Crippen LogP contribution is 2.22. The van der Waals surface area contributed by atoms with Crippen molar-refractivity contribution >= 4 is 29.4 Å². The third-order valence-corrected chi connectivity index (χ3v) is 2.66. The number of carbonyl (C=O) groups excluding carboxylic acids is 1. The minimum Gasteiger partial charge on any atom is -0.481 e. The molecular formula is C14H18ClNO4. The fraction of sp³-hybridized carbons (Fsp3) is 0.429. The number of halogens is 1. The average Bonchev–Trinajstić information content (AvgIpc) is 2.24. The number of carboxylic acid groups (broad SMARTS) is 1. The summed E-state index contributed by atoms with van der Waals surface area (Å²) in [6.45, 7) is 5.32. The van der Waals surface area contributed by atoms with E-state index < -0.39 is 17.7 Å². The van der Waals surface area contributed by atoms with E-state index >= 15 is 0 Å². The summed E-state index contributed by atoms with van der Waals surface area (Å²) in [6.07, 6.45) is -0.203. The lowest BCUT2D eigenvalue weighted by molar-refractivity contribution is -0.136. The number of hydrogen-bond donors (Lipinski definition) is 2. The second-order valence-electron chi connectivity index (χ2n) is 5.33. The first kappa shape index (κ1) is 16.3. The molecule has 1 rings (SSSR count). The number of ether oxygens (including phenoxy) is 1. The Bertz CT molecular complexity index is 508. The third-order valence-electron chi connectivity index (χ3n) is 2.31. The van der Waals surface area contributed by atoms with E-state index in [9.17, 15) is 9.59 Å². The van der Waals surface area contributed by atoms with E-state index in [1.165, 1.54) is 0 Å². The Hall–Kier alpha value is -1.75. The second kappa shape index (κ2) is 6.61. The first-order valence-corrected chi connectivity index (χ1v) is 6.55. The van der Waals surface area contributed by atoms with Crippen molar-refractivity contribution in [1.29, 1.82) is 0 Å². The summed E-state index contributed by atoms with van der Waals surface area (Å²) < 4.78 is 5.12. The van der Waals surface area contributed by atoms with E-state index in [2.05, 4.69) is 5.32 Å². The lowest BCUT2D eigenvalue weighted by Crippen LogP contribution is -2.27. The average molecular weight is 300 g/mol. The zero-order valence-corrected chi connectivity index (χ0v) is 12.5. The van der Waals surface area contributed by atoms with Crippen LogP contribution >= 0.6 is 11.6 Å². The van der Waals surface area contributed by atoms with E-state index in [4.69, 9.17) is 21.4 Å². The van der Waals surface area contributed by atoms with Crippen LogP contribution in [-0.4, -0.2) is 22.8 Å². The number of amides is 1. The standard InChI is InChI=1S/C14H18ClNO4/c1-14(2,3)20-13(19)16-10-6-4-9(11(15)8-10)5-7-12(17)18/h4,6,8H,5,7H2,1-3H3,(H,16,19)(H,17,18). The molecule has 0 fully saturated rings. The van der Waals surface area contributed by atoms with Gasteiger partial charge in [0.25, 0.3) is 0 Å². The van der Waals surface area contributed by atoms with Crippen LogP contribution in [-0.2, 0) is 16.0 Å². The Morgan fingerprint density at radius 2 is 2.00 bits per heavy atom. The normalized spacial score (nSPS) is 11.0. The second-order valence-corrected chi connectivity index (χ2v) is 5.73. The topological polar surface area (TPSA) is 75.6 Å². The molecule has 1 aromatic carbocycles. The number of aryl methyl sites for hydroxylation is 1. The highest BCUT2D eigenvalue weighted by atomic mass is 35.5. The molecule has 110 valence electrons. The van der Waals surface area contributed by atoms with Crippen LogP contribution in [0.1, 0.15) is 32.8 Å². The van der Waals surface area contributed by atoms with Crippen molar-refractivity contribution in [3.8, 4) is 0 Å². The molecule has 0 atom stereocenters. The maximum atomic E-state index is 11.6. The fourth-order valence-electron chi connectivity index (χ4n) is 1.49. The van der Waals surface area contributed by atoms with Crippen LogP contribution in [0.15, 0.2) is 18.2 Å². The van der Waals surface area contributed by atoms with Gasteiger partial charge in [0.2, 0.25) is 0 Å². The molecule has 0 aromatic heterocycles. The molecule has 0 unspecified atom stereocenters. The maximum Gasteiger partial charge on any atom is 0.412 e. The molecule has 0 aliphatic heterocycles. The van der Waals surface area contributed by atoms with Gasteiger partial charge in [0, 0.05) is 17.1 Å². The van der Waals surface area contributed by atoms with Crippen LogP contribution in [0.4, 0.5) is 10.5 Å². The smallest absolute Gasteiger partial charge is 0.412 e. The van der Waals surface area contributed by atoms with Crippen LogP contribution in [0.2, 0.25) is 5.02 Å². The summed E-state index contributed by atoms with van der Waals surface area (Å²) in [4.78, 5) is 22.1. The quantitative estimate of drug-likeness (QED) is 0.888. The van der Waals surface area contributed by atoms with E-state index in [-0.39, 0.29) is 6.42 Å². The molecule has 0 aliphatic carbocycles. The largest absolute Gasteiger partial charge is 0.481 e. The molecular weight excluding hydrogens is 282 g/mol. The van der Waals surface area contributed by atoms with Crippen molar-refractivity contribution in [1.82, 2.24) is 0 Å². The summed E-state index contributed by atoms with van der Waals surface area (Å²) in [5.74, 6) is -0.878. The van der Waals surface area contributed by atoms with Gasteiger partial charge >= 0.3 is 12.1 Å². The molecule has 0 aliphatic rings. The molecule has 0 spiro atoms. The molecule has 0 bridgehead atoms. The zero-order chi connectivity index (χ0) is 15.3. The number of rotatable bonds is 4. The molecule has 1 aromatic rings. The van der Waals surface area contributed by atoms with Gasteiger partial charge in [0.15, 0.2) is 0 Å². The third kappa shape index (κ3) is 5.93. The van der Waals surface area contributed by atoms with Crippen molar-refractivity contribution in [3.63, 3.8) is 0 Å². The van der Waals surface area contributed by atoms with Crippen LogP contribution in [0.5, 0.6) is 0 Å². The van der Waals surface area contributed by atoms with Crippen molar-refractivity contribution < 1.29 is 19.4 Å². The Labute approximate surface area is 122 Å². The Kier molecular flexibility index (Phi) is 5.39. The van der Waals surface area contributed by atoms with Gasteiger partial charge in [-0.15, -0.1) is 0 Å². The van der Waals surface area contributed by atoms with E-state index in [1.807, 2.05) is 0 Å². The number of anilines is 1. The number of carboxylic acids is 1. The monoisotopic (exact) mass is 299 g/mol.